The number of non-ortho nitro benzene ring substituents is 1. The van der Waals surface area contributed by atoms with Crippen LogP contribution in [0.5, 0.6) is 11.5 Å². The van der Waals surface area contributed by atoms with Crippen molar-refractivity contribution in [2.75, 3.05) is 6.61 Å². The zero-order chi connectivity index (χ0) is 18.8. The Labute approximate surface area is 158 Å². The quantitative estimate of drug-likeness (QED) is 0.363. The molecular formula is C18H15N3O5S. The fraction of sp³-hybridized carbons (Fsp3) is 0.222. The zero-order valence-electron chi connectivity index (χ0n) is 14.3. The van der Waals surface area contributed by atoms with Crippen LogP contribution in [0.2, 0.25) is 0 Å². The van der Waals surface area contributed by atoms with Crippen LogP contribution in [-0.2, 0) is 0 Å². The number of fused-ring (bicyclic) bond motifs is 1. The smallest absolute Gasteiger partial charge is 0.277 e. The summed E-state index contributed by atoms with van der Waals surface area (Å²) < 4.78 is 17.2. The first-order chi connectivity index (χ1) is 13.1. The number of thioether (sulfide) groups is 1. The van der Waals surface area contributed by atoms with Crippen molar-refractivity contribution in [3.63, 3.8) is 0 Å². The summed E-state index contributed by atoms with van der Waals surface area (Å²) in [5.74, 6) is 1.64. The maximum Gasteiger partial charge on any atom is 0.277 e. The average Bonchev–Trinajstić information content (AvgIpc) is 3.16. The Hall–Kier alpha value is -3.07. The first-order valence-electron chi connectivity index (χ1n) is 8.23. The molecule has 1 aromatic heterocycles. The predicted molar refractivity (Wildman–Crippen MR) is 97.0 cm³/mol. The number of nitrogens with zero attached hydrogens (tertiary/aromatic N) is 3. The van der Waals surface area contributed by atoms with Gasteiger partial charge in [0.1, 0.15) is 6.61 Å². The van der Waals surface area contributed by atoms with Gasteiger partial charge in [-0.05, 0) is 24.6 Å². The highest BCUT2D eigenvalue weighted by atomic mass is 32.2. The Morgan fingerprint density at radius 2 is 2.00 bits per heavy atom. The lowest BCUT2D eigenvalue weighted by Gasteiger charge is -2.23. The molecule has 2 aromatic carbocycles. The number of benzene rings is 2. The summed E-state index contributed by atoms with van der Waals surface area (Å²) in [5.41, 5.74) is 0.859. The fourth-order valence-electron chi connectivity index (χ4n) is 2.65. The molecule has 0 saturated heterocycles. The predicted octanol–water partition coefficient (Wildman–Crippen LogP) is 4.34. The lowest BCUT2D eigenvalue weighted by Crippen LogP contribution is -2.21. The largest absolute Gasteiger partial charge is 0.485 e. The van der Waals surface area contributed by atoms with Gasteiger partial charge in [-0.1, -0.05) is 36.0 Å². The van der Waals surface area contributed by atoms with E-state index in [-0.39, 0.29) is 17.5 Å². The summed E-state index contributed by atoms with van der Waals surface area (Å²) in [6.07, 6.45) is -0.477. The Morgan fingerprint density at radius 3 is 2.81 bits per heavy atom. The van der Waals surface area contributed by atoms with Crippen molar-refractivity contribution in [2.24, 2.45) is 0 Å². The second-order valence-electron chi connectivity index (χ2n) is 5.88. The normalized spacial score (nSPS) is 16.7. The molecule has 0 saturated carbocycles. The van der Waals surface area contributed by atoms with Gasteiger partial charge in [-0.25, -0.2) is 0 Å². The van der Waals surface area contributed by atoms with Gasteiger partial charge in [0.2, 0.25) is 6.10 Å². The molecule has 8 nitrogen and oxygen atoms in total. The molecule has 0 fully saturated rings. The van der Waals surface area contributed by atoms with Crippen molar-refractivity contribution in [3.05, 3.63) is 70.1 Å². The first-order valence-corrected chi connectivity index (χ1v) is 9.11. The maximum absolute atomic E-state index is 10.9. The summed E-state index contributed by atoms with van der Waals surface area (Å²) in [6.45, 7) is 2.20. The molecule has 3 aromatic rings. The van der Waals surface area contributed by atoms with Gasteiger partial charge >= 0.3 is 0 Å². The van der Waals surface area contributed by atoms with Crippen molar-refractivity contribution in [1.29, 1.82) is 0 Å². The molecule has 0 spiro atoms. The van der Waals surface area contributed by atoms with E-state index < -0.39 is 11.0 Å². The van der Waals surface area contributed by atoms with Crippen LogP contribution in [0.3, 0.4) is 0 Å². The first kappa shape index (κ1) is 17.3. The van der Waals surface area contributed by atoms with E-state index >= 15 is 0 Å². The van der Waals surface area contributed by atoms with E-state index in [2.05, 4.69) is 10.2 Å². The van der Waals surface area contributed by atoms with E-state index in [4.69, 9.17) is 13.9 Å². The van der Waals surface area contributed by atoms with Crippen LogP contribution in [0.25, 0.3) is 0 Å². The van der Waals surface area contributed by atoms with Gasteiger partial charge in [0, 0.05) is 17.4 Å². The van der Waals surface area contributed by atoms with E-state index in [1.54, 1.807) is 12.1 Å². The summed E-state index contributed by atoms with van der Waals surface area (Å²) >= 11 is 1.33. The van der Waals surface area contributed by atoms with Crippen LogP contribution in [0.1, 0.15) is 29.7 Å². The van der Waals surface area contributed by atoms with E-state index in [0.717, 1.165) is 5.56 Å². The van der Waals surface area contributed by atoms with Crippen LogP contribution in [0.15, 0.2) is 58.2 Å². The van der Waals surface area contributed by atoms with Crippen molar-refractivity contribution >= 4 is 17.4 Å². The Balaban J connectivity index is 1.45. The van der Waals surface area contributed by atoms with E-state index in [1.807, 2.05) is 37.3 Å². The van der Waals surface area contributed by atoms with Crippen LogP contribution >= 0.6 is 11.8 Å². The van der Waals surface area contributed by atoms with Gasteiger partial charge in [-0.2, -0.15) is 0 Å². The Bertz CT molecular complexity index is 977. The second kappa shape index (κ2) is 7.28. The molecular weight excluding hydrogens is 370 g/mol. The van der Waals surface area contributed by atoms with Crippen molar-refractivity contribution in [1.82, 2.24) is 10.2 Å². The molecule has 9 heteroatoms. The van der Waals surface area contributed by atoms with E-state index in [1.165, 1.54) is 17.8 Å². The summed E-state index contributed by atoms with van der Waals surface area (Å²) in [5, 5.41) is 19.3. The highest BCUT2D eigenvalue weighted by Gasteiger charge is 2.27. The Kier molecular flexibility index (Phi) is 4.68. The van der Waals surface area contributed by atoms with Crippen LogP contribution in [0, 0.1) is 10.1 Å². The van der Waals surface area contributed by atoms with Crippen LogP contribution in [0.4, 0.5) is 5.69 Å². The van der Waals surface area contributed by atoms with Gasteiger partial charge in [-0.3, -0.25) is 10.1 Å². The molecule has 1 aliphatic heterocycles. The molecule has 138 valence electrons. The monoisotopic (exact) mass is 385 g/mol. The minimum atomic E-state index is -0.477. The second-order valence-corrected chi connectivity index (χ2v) is 7.17. The number of aromatic nitrogens is 2. The molecule has 0 aliphatic carbocycles. The molecule has 0 radical (unpaired) electrons. The number of hydrogen-bond donors (Lipinski definition) is 0. The summed E-state index contributed by atoms with van der Waals surface area (Å²) in [7, 11) is 0. The van der Waals surface area contributed by atoms with Crippen LogP contribution in [-0.4, -0.2) is 21.7 Å². The molecule has 2 heterocycles. The van der Waals surface area contributed by atoms with E-state index in [9.17, 15) is 10.1 Å². The summed E-state index contributed by atoms with van der Waals surface area (Å²) in [4.78, 5) is 10.5. The molecule has 0 N–H and O–H groups in total. The maximum atomic E-state index is 10.9. The molecule has 2 atom stereocenters. The summed E-state index contributed by atoms with van der Waals surface area (Å²) in [6, 6.07) is 13.9. The molecule has 4 rings (SSSR count). The van der Waals surface area contributed by atoms with Gasteiger partial charge in [-0.15, -0.1) is 10.2 Å². The third-order valence-corrected chi connectivity index (χ3v) is 5.03. The topological polar surface area (TPSA) is 101 Å². The fourth-order valence-corrected chi connectivity index (χ4v) is 3.46. The third-order valence-electron chi connectivity index (χ3n) is 4.03. The number of para-hydroxylation sites is 2. The number of nitro groups is 1. The molecule has 0 amide bonds. The number of hydrogen-bond acceptors (Lipinski definition) is 8. The number of nitro benzene ring substituents is 1. The van der Waals surface area contributed by atoms with Crippen molar-refractivity contribution < 1.29 is 18.8 Å². The molecule has 2 unspecified atom stereocenters. The highest BCUT2D eigenvalue weighted by Crippen LogP contribution is 2.38. The van der Waals surface area contributed by atoms with Gasteiger partial charge in [0.05, 0.1) is 4.92 Å². The minimum Gasteiger partial charge on any atom is -0.485 e. The molecule has 1 aliphatic rings. The van der Waals surface area contributed by atoms with Gasteiger partial charge < -0.3 is 13.9 Å². The molecule has 0 bridgehead atoms. The molecule has 27 heavy (non-hydrogen) atoms. The van der Waals surface area contributed by atoms with Gasteiger partial charge in [0.15, 0.2) is 11.5 Å². The SMILES string of the molecule is CC(Sc1nnc(C2COc3ccccc3O2)o1)c1cccc([N+](=O)[O-])c1. The number of rotatable bonds is 5. The average molecular weight is 385 g/mol. The Morgan fingerprint density at radius 1 is 1.19 bits per heavy atom. The van der Waals surface area contributed by atoms with E-state index in [0.29, 0.717) is 22.6 Å². The number of ether oxygens (including phenoxy) is 2. The van der Waals surface area contributed by atoms with Crippen molar-refractivity contribution in [2.45, 2.75) is 23.5 Å². The lowest BCUT2D eigenvalue weighted by molar-refractivity contribution is -0.384. The zero-order valence-corrected chi connectivity index (χ0v) is 15.1. The highest BCUT2D eigenvalue weighted by molar-refractivity contribution is 7.99. The standard InChI is InChI=1S/C18H15N3O5S/c1-11(12-5-4-6-13(9-12)21(22)23)27-18-20-19-17(26-18)16-10-24-14-7-2-3-8-15(14)25-16/h2-9,11,16H,10H2,1H3. The lowest BCUT2D eigenvalue weighted by atomic mass is 10.1. The minimum absolute atomic E-state index is 0.0533. The van der Waals surface area contributed by atoms with Crippen molar-refractivity contribution in [3.8, 4) is 11.5 Å². The van der Waals surface area contributed by atoms with Gasteiger partial charge in [0.25, 0.3) is 16.8 Å². The third kappa shape index (κ3) is 3.72. The van der Waals surface area contributed by atoms with Crippen LogP contribution < -0.4 is 9.47 Å².